The fourth-order valence-corrected chi connectivity index (χ4v) is 3.42. The third-order valence-electron chi connectivity index (χ3n) is 3.42. The van der Waals surface area contributed by atoms with Crippen LogP contribution in [-0.4, -0.2) is 34.2 Å². The van der Waals surface area contributed by atoms with E-state index in [4.69, 9.17) is 16.3 Å². The molecule has 0 fully saturated rings. The molecule has 0 aliphatic rings. The number of methoxy groups -OCH3 is 1. The molecule has 0 atom stereocenters. The number of carbonyl (C=O) groups excluding carboxylic acids is 1. The van der Waals surface area contributed by atoms with Crippen molar-refractivity contribution < 1.29 is 17.9 Å². The lowest BCUT2D eigenvalue weighted by atomic mass is 10.2. The molecule has 0 radical (unpaired) electrons. The number of nitrogens with zero attached hydrogens (tertiary/aromatic N) is 1. The largest absolute Gasteiger partial charge is 0.495 e. The maximum atomic E-state index is 12.1. The standard InChI is InChI=1S/C17H19ClN2O4S/c1-24-16-9-8-14(12-15(16)18)20(25(2,22)23)11-10-17(21)19-13-6-4-3-5-7-13/h3-9,12H,10-11H2,1-2H3,(H,19,21). The van der Waals surface area contributed by atoms with Gasteiger partial charge in [-0.3, -0.25) is 9.10 Å². The fraction of sp³-hybridized carbons (Fsp3) is 0.235. The first-order valence-electron chi connectivity index (χ1n) is 7.47. The SMILES string of the molecule is COc1ccc(N(CCC(=O)Nc2ccccc2)S(C)(=O)=O)cc1Cl. The molecule has 0 heterocycles. The summed E-state index contributed by atoms with van der Waals surface area (Å²) in [4.78, 5) is 12.1. The Morgan fingerprint density at radius 1 is 1.20 bits per heavy atom. The van der Waals surface area contributed by atoms with Gasteiger partial charge in [-0.2, -0.15) is 0 Å². The number of rotatable bonds is 7. The molecule has 0 spiro atoms. The van der Waals surface area contributed by atoms with E-state index < -0.39 is 10.0 Å². The Labute approximate surface area is 152 Å². The highest BCUT2D eigenvalue weighted by atomic mass is 35.5. The monoisotopic (exact) mass is 382 g/mol. The Morgan fingerprint density at radius 3 is 2.44 bits per heavy atom. The summed E-state index contributed by atoms with van der Waals surface area (Å²) in [5.41, 5.74) is 1.03. The molecular weight excluding hydrogens is 364 g/mol. The van der Waals surface area contributed by atoms with Crippen molar-refractivity contribution >= 4 is 38.9 Å². The number of halogens is 1. The molecule has 0 aromatic heterocycles. The van der Waals surface area contributed by atoms with Crippen molar-refractivity contribution in [3.63, 3.8) is 0 Å². The summed E-state index contributed by atoms with van der Waals surface area (Å²) < 4.78 is 30.4. The van der Waals surface area contributed by atoms with E-state index in [9.17, 15) is 13.2 Å². The summed E-state index contributed by atoms with van der Waals surface area (Å²) in [6.45, 7) is 0.000157. The zero-order valence-electron chi connectivity index (χ0n) is 13.9. The lowest BCUT2D eigenvalue weighted by molar-refractivity contribution is -0.116. The molecule has 0 saturated heterocycles. The smallest absolute Gasteiger partial charge is 0.232 e. The van der Waals surface area contributed by atoms with Gasteiger partial charge in [-0.15, -0.1) is 0 Å². The zero-order chi connectivity index (χ0) is 18.4. The molecule has 1 amide bonds. The second-order valence-corrected chi connectivity index (χ2v) is 7.63. The number of amides is 1. The number of benzene rings is 2. The Hall–Kier alpha value is -2.25. The quantitative estimate of drug-likeness (QED) is 0.798. The average Bonchev–Trinajstić information content (AvgIpc) is 2.55. The Balaban J connectivity index is 2.11. The Bertz CT molecular complexity index is 841. The van der Waals surface area contributed by atoms with Crippen LogP contribution in [0, 0.1) is 0 Å². The third-order valence-corrected chi connectivity index (χ3v) is 4.91. The van der Waals surface area contributed by atoms with E-state index in [-0.39, 0.29) is 18.9 Å². The van der Waals surface area contributed by atoms with E-state index in [1.54, 1.807) is 36.4 Å². The average molecular weight is 383 g/mol. The number of nitrogens with one attached hydrogen (secondary N) is 1. The van der Waals surface area contributed by atoms with Crippen molar-refractivity contribution in [2.24, 2.45) is 0 Å². The van der Waals surface area contributed by atoms with Gasteiger partial charge in [-0.1, -0.05) is 29.8 Å². The summed E-state index contributed by atoms with van der Waals surface area (Å²) in [6, 6.07) is 13.6. The van der Waals surface area contributed by atoms with Crippen molar-refractivity contribution in [3.05, 3.63) is 53.6 Å². The maximum Gasteiger partial charge on any atom is 0.232 e. The Morgan fingerprint density at radius 2 is 1.88 bits per heavy atom. The molecule has 8 heteroatoms. The van der Waals surface area contributed by atoms with Crippen molar-refractivity contribution in [2.75, 3.05) is 29.5 Å². The van der Waals surface area contributed by atoms with Crippen LogP contribution in [0.4, 0.5) is 11.4 Å². The van der Waals surface area contributed by atoms with Crippen LogP contribution in [-0.2, 0) is 14.8 Å². The molecule has 0 saturated carbocycles. The summed E-state index contributed by atoms with van der Waals surface area (Å²) in [7, 11) is -2.09. The van der Waals surface area contributed by atoms with Gasteiger partial charge in [0.15, 0.2) is 0 Å². The summed E-state index contributed by atoms with van der Waals surface area (Å²) in [6.07, 6.45) is 1.09. The molecule has 0 aliphatic carbocycles. The minimum Gasteiger partial charge on any atom is -0.495 e. The van der Waals surface area contributed by atoms with Crippen LogP contribution in [0.5, 0.6) is 5.75 Å². The fourth-order valence-electron chi connectivity index (χ4n) is 2.24. The van der Waals surface area contributed by atoms with E-state index in [1.165, 1.54) is 13.2 Å². The first-order chi connectivity index (χ1) is 11.8. The third kappa shape index (κ3) is 5.37. The van der Waals surface area contributed by atoms with Gasteiger partial charge < -0.3 is 10.1 Å². The topological polar surface area (TPSA) is 75.7 Å². The number of sulfonamides is 1. The number of carbonyl (C=O) groups is 1. The highest BCUT2D eigenvalue weighted by Crippen LogP contribution is 2.30. The van der Waals surface area contributed by atoms with Crippen LogP contribution in [0.25, 0.3) is 0 Å². The molecule has 2 rings (SSSR count). The van der Waals surface area contributed by atoms with E-state index >= 15 is 0 Å². The molecular formula is C17H19ClN2O4S. The number of hydrogen-bond donors (Lipinski definition) is 1. The molecule has 134 valence electrons. The van der Waals surface area contributed by atoms with E-state index in [0.717, 1.165) is 10.6 Å². The van der Waals surface area contributed by atoms with Crippen LogP contribution >= 0.6 is 11.6 Å². The van der Waals surface area contributed by atoms with Gasteiger partial charge in [0, 0.05) is 18.7 Å². The van der Waals surface area contributed by atoms with Crippen LogP contribution in [0.1, 0.15) is 6.42 Å². The number of hydrogen-bond acceptors (Lipinski definition) is 4. The maximum absolute atomic E-state index is 12.1. The molecule has 0 unspecified atom stereocenters. The molecule has 25 heavy (non-hydrogen) atoms. The van der Waals surface area contributed by atoms with Crippen LogP contribution in [0.2, 0.25) is 5.02 Å². The first-order valence-corrected chi connectivity index (χ1v) is 9.70. The lowest BCUT2D eigenvalue weighted by Gasteiger charge is -2.22. The van der Waals surface area contributed by atoms with Crippen molar-refractivity contribution in [1.82, 2.24) is 0 Å². The predicted molar refractivity (Wildman–Crippen MR) is 99.9 cm³/mol. The molecule has 0 aliphatic heterocycles. The molecule has 0 bridgehead atoms. The minimum absolute atomic E-state index is 0.000157. The van der Waals surface area contributed by atoms with Gasteiger partial charge in [-0.05, 0) is 30.3 Å². The van der Waals surface area contributed by atoms with E-state index in [0.29, 0.717) is 22.1 Å². The van der Waals surface area contributed by atoms with Crippen molar-refractivity contribution in [1.29, 1.82) is 0 Å². The molecule has 2 aromatic carbocycles. The normalized spacial score (nSPS) is 11.0. The molecule has 1 N–H and O–H groups in total. The highest BCUT2D eigenvalue weighted by molar-refractivity contribution is 7.92. The van der Waals surface area contributed by atoms with Crippen LogP contribution in [0.3, 0.4) is 0 Å². The van der Waals surface area contributed by atoms with Crippen molar-refractivity contribution in [2.45, 2.75) is 6.42 Å². The van der Waals surface area contributed by atoms with Crippen LogP contribution < -0.4 is 14.4 Å². The number of ether oxygens (including phenoxy) is 1. The van der Waals surface area contributed by atoms with E-state index in [1.807, 2.05) is 6.07 Å². The van der Waals surface area contributed by atoms with Gasteiger partial charge in [0.1, 0.15) is 5.75 Å². The van der Waals surface area contributed by atoms with Gasteiger partial charge >= 0.3 is 0 Å². The van der Waals surface area contributed by atoms with Crippen molar-refractivity contribution in [3.8, 4) is 5.75 Å². The van der Waals surface area contributed by atoms with Gasteiger partial charge in [0.05, 0.1) is 24.1 Å². The summed E-state index contributed by atoms with van der Waals surface area (Å²) >= 11 is 6.07. The van der Waals surface area contributed by atoms with Gasteiger partial charge in [-0.25, -0.2) is 8.42 Å². The predicted octanol–water partition coefficient (Wildman–Crippen LogP) is 3.14. The van der Waals surface area contributed by atoms with Crippen LogP contribution in [0.15, 0.2) is 48.5 Å². The lowest BCUT2D eigenvalue weighted by Crippen LogP contribution is -2.33. The highest BCUT2D eigenvalue weighted by Gasteiger charge is 2.19. The van der Waals surface area contributed by atoms with Gasteiger partial charge in [0.2, 0.25) is 15.9 Å². The molecule has 6 nitrogen and oxygen atoms in total. The second kappa shape index (κ2) is 8.22. The zero-order valence-corrected chi connectivity index (χ0v) is 15.5. The minimum atomic E-state index is -3.57. The van der Waals surface area contributed by atoms with Gasteiger partial charge in [0.25, 0.3) is 0 Å². The molecule has 2 aromatic rings. The van der Waals surface area contributed by atoms with E-state index in [2.05, 4.69) is 5.32 Å². The summed E-state index contributed by atoms with van der Waals surface area (Å²) in [5.74, 6) is 0.167. The number of para-hydroxylation sites is 1. The first kappa shape index (κ1) is 19.1. The second-order valence-electron chi connectivity index (χ2n) is 5.32. The Kier molecular flexibility index (Phi) is 6.27. The number of anilines is 2. The summed E-state index contributed by atoms with van der Waals surface area (Å²) in [5, 5.41) is 3.02.